The summed E-state index contributed by atoms with van der Waals surface area (Å²) in [5, 5.41) is 11.0. The van der Waals surface area contributed by atoms with E-state index in [0.717, 1.165) is 22.2 Å². The van der Waals surface area contributed by atoms with Gasteiger partial charge in [0.15, 0.2) is 4.96 Å². The van der Waals surface area contributed by atoms with E-state index in [0.29, 0.717) is 15.2 Å². The van der Waals surface area contributed by atoms with Gasteiger partial charge in [-0.05, 0) is 53.1 Å². The first-order valence-corrected chi connectivity index (χ1v) is 10.3. The zero-order valence-electron chi connectivity index (χ0n) is 16.1. The van der Waals surface area contributed by atoms with Gasteiger partial charge in [0.25, 0.3) is 5.56 Å². The average molecular weight is 427 g/mol. The average Bonchev–Trinajstić information content (AvgIpc) is 3.29. The quantitative estimate of drug-likeness (QED) is 0.430. The largest absolute Gasteiger partial charge is 0.545 e. The van der Waals surface area contributed by atoms with Crippen molar-refractivity contribution in [3.05, 3.63) is 104 Å². The lowest BCUT2D eigenvalue weighted by atomic mass is 10.1. The first kappa shape index (κ1) is 19.0. The minimum absolute atomic E-state index is 0.0816. The van der Waals surface area contributed by atoms with Gasteiger partial charge in [0, 0.05) is 0 Å². The van der Waals surface area contributed by atoms with Gasteiger partial charge >= 0.3 is 0 Å². The lowest BCUT2D eigenvalue weighted by Crippen LogP contribution is -2.22. The molecule has 0 fully saturated rings. The maximum atomic E-state index is 12.8. The minimum Gasteiger partial charge on any atom is -0.545 e. The van der Waals surface area contributed by atoms with E-state index in [-0.39, 0.29) is 17.7 Å². The molecule has 0 amide bonds. The lowest BCUT2D eigenvalue weighted by Gasteiger charge is -2.08. The van der Waals surface area contributed by atoms with E-state index in [1.807, 2.05) is 54.6 Å². The molecule has 5 rings (SSSR count). The van der Waals surface area contributed by atoms with Crippen molar-refractivity contribution in [2.75, 3.05) is 0 Å². The molecule has 2 aromatic heterocycles. The summed E-state index contributed by atoms with van der Waals surface area (Å²) < 4.78 is 7.99. The molecule has 0 N–H and O–H groups in total. The molecule has 0 spiro atoms. The summed E-state index contributed by atoms with van der Waals surface area (Å²) in [5.74, 6) is -0.571. The highest BCUT2D eigenvalue weighted by molar-refractivity contribution is 7.15. The Morgan fingerprint density at radius 3 is 2.68 bits per heavy atom. The van der Waals surface area contributed by atoms with Gasteiger partial charge in [-0.25, -0.2) is 9.38 Å². The highest BCUT2D eigenvalue weighted by Crippen LogP contribution is 2.17. The van der Waals surface area contributed by atoms with Crippen LogP contribution in [-0.2, 0) is 6.61 Å². The molecule has 0 aliphatic heterocycles. The molecule has 0 atom stereocenters. The third-order valence-corrected chi connectivity index (χ3v) is 5.86. The Hall–Kier alpha value is -3.97. The molecule has 152 valence electrons. The summed E-state index contributed by atoms with van der Waals surface area (Å²) >= 11 is 1.36. The summed E-state index contributed by atoms with van der Waals surface area (Å²) in [6, 6.07) is 21.4. The second-order valence-electron chi connectivity index (χ2n) is 6.98. The third-order valence-electron chi connectivity index (χ3n) is 4.89. The normalized spacial score (nSPS) is 11.9. The standard InChI is InChI=1S/C24H16N2O4S/c27-22-21(31-24-25-19-6-1-2-7-20(19)26(22)24)13-15-8-10-18(11-9-15)30-14-16-4-3-5-17(12-16)23(28)29/h1-13H,14H2,(H,28,29)/p-1. The number of carbonyl (C=O) groups excluding carboxylic acids is 1. The van der Waals surface area contributed by atoms with Crippen LogP contribution in [0.5, 0.6) is 5.75 Å². The van der Waals surface area contributed by atoms with Gasteiger partial charge in [-0.15, -0.1) is 0 Å². The van der Waals surface area contributed by atoms with E-state index in [9.17, 15) is 14.7 Å². The van der Waals surface area contributed by atoms with Crippen LogP contribution < -0.4 is 19.9 Å². The molecule has 0 radical (unpaired) electrons. The van der Waals surface area contributed by atoms with Gasteiger partial charge in [0.1, 0.15) is 12.4 Å². The number of carboxylic acids is 1. The number of imidazole rings is 1. The van der Waals surface area contributed by atoms with Crippen LogP contribution in [0.1, 0.15) is 21.5 Å². The van der Waals surface area contributed by atoms with Gasteiger partial charge in [-0.3, -0.25) is 4.79 Å². The molecule has 2 heterocycles. The smallest absolute Gasteiger partial charge is 0.274 e. The van der Waals surface area contributed by atoms with E-state index >= 15 is 0 Å². The Labute approximate surface area is 180 Å². The number of hydrogen-bond donors (Lipinski definition) is 0. The molecule has 3 aromatic carbocycles. The second kappa shape index (κ2) is 7.70. The molecule has 0 saturated heterocycles. The molecule has 5 aromatic rings. The SMILES string of the molecule is O=C([O-])c1cccc(COc2ccc(C=c3sc4nc5ccccc5n4c3=O)cc2)c1. The number of ether oxygens (including phenoxy) is 1. The predicted octanol–water partition coefficient (Wildman–Crippen LogP) is 2.40. The Morgan fingerprint density at radius 2 is 1.87 bits per heavy atom. The van der Waals surface area contributed by atoms with Gasteiger partial charge in [0.2, 0.25) is 0 Å². The Balaban J connectivity index is 1.37. The Kier molecular flexibility index (Phi) is 4.72. The third kappa shape index (κ3) is 3.67. The Bertz CT molecular complexity index is 1530. The molecule has 7 heteroatoms. The van der Waals surface area contributed by atoms with Crippen LogP contribution in [0.15, 0.2) is 77.6 Å². The van der Waals surface area contributed by atoms with Crippen molar-refractivity contribution < 1.29 is 14.6 Å². The number of rotatable bonds is 5. The molecule has 0 bridgehead atoms. The van der Waals surface area contributed by atoms with Crippen LogP contribution in [0.25, 0.3) is 22.1 Å². The van der Waals surface area contributed by atoms with Gasteiger partial charge in [-0.1, -0.05) is 53.8 Å². The second-order valence-corrected chi connectivity index (χ2v) is 7.99. The zero-order chi connectivity index (χ0) is 21.4. The number of thiazole rings is 1. The van der Waals surface area contributed by atoms with E-state index in [1.165, 1.54) is 23.5 Å². The molecule has 6 nitrogen and oxygen atoms in total. The summed E-state index contributed by atoms with van der Waals surface area (Å²) in [6.07, 6.45) is 1.84. The number of fused-ring (bicyclic) bond motifs is 3. The minimum atomic E-state index is -1.21. The van der Waals surface area contributed by atoms with E-state index in [4.69, 9.17) is 4.74 Å². The zero-order valence-corrected chi connectivity index (χ0v) is 17.0. The van der Waals surface area contributed by atoms with Crippen LogP contribution in [0.4, 0.5) is 0 Å². The molecule has 0 saturated carbocycles. The van der Waals surface area contributed by atoms with E-state index in [2.05, 4.69) is 4.98 Å². The summed E-state index contributed by atoms with van der Waals surface area (Å²) in [6.45, 7) is 0.240. The number of aromatic carboxylic acids is 1. The van der Waals surface area contributed by atoms with Crippen LogP contribution in [0.3, 0.4) is 0 Å². The summed E-state index contributed by atoms with van der Waals surface area (Å²) in [5.41, 5.74) is 3.27. The molecular formula is C24H15N2O4S-. The fraction of sp³-hybridized carbons (Fsp3) is 0.0417. The fourth-order valence-corrected chi connectivity index (χ4v) is 4.37. The van der Waals surface area contributed by atoms with Gasteiger partial charge in [-0.2, -0.15) is 0 Å². The number of carbonyl (C=O) groups is 1. The molecule has 0 unspecified atom stereocenters. The molecule has 0 aliphatic carbocycles. The van der Waals surface area contributed by atoms with Gasteiger partial charge < -0.3 is 14.6 Å². The molecular weight excluding hydrogens is 412 g/mol. The monoisotopic (exact) mass is 427 g/mol. The number of benzene rings is 3. The number of para-hydroxylation sites is 2. The Morgan fingerprint density at radius 1 is 1.06 bits per heavy atom. The maximum absolute atomic E-state index is 12.8. The highest BCUT2D eigenvalue weighted by atomic mass is 32.1. The van der Waals surface area contributed by atoms with Crippen LogP contribution in [0.2, 0.25) is 0 Å². The van der Waals surface area contributed by atoms with Crippen molar-refractivity contribution in [2.45, 2.75) is 6.61 Å². The first-order chi connectivity index (χ1) is 15.1. The fourth-order valence-electron chi connectivity index (χ4n) is 3.38. The molecule has 0 aliphatic rings. The van der Waals surface area contributed by atoms with Crippen molar-refractivity contribution >= 4 is 39.4 Å². The number of carboxylic acid groups (broad SMARTS) is 1. The highest BCUT2D eigenvalue weighted by Gasteiger charge is 2.10. The number of nitrogens with zero attached hydrogens (tertiary/aromatic N) is 2. The lowest BCUT2D eigenvalue weighted by molar-refractivity contribution is -0.255. The van der Waals surface area contributed by atoms with Crippen molar-refractivity contribution in [3.63, 3.8) is 0 Å². The summed E-state index contributed by atoms with van der Waals surface area (Å²) in [7, 11) is 0. The predicted molar refractivity (Wildman–Crippen MR) is 117 cm³/mol. The van der Waals surface area contributed by atoms with Gasteiger partial charge in [0.05, 0.1) is 21.5 Å². The van der Waals surface area contributed by atoms with Crippen LogP contribution >= 0.6 is 11.3 Å². The first-order valence-electron chi connectivity index (χ1n) is 9.53. The number of aromatic nitrogens is 2. The van der Waals surface area contributed by atoms with Crippen LogP contribution in [-0.4, -0.2) is 15.4 Å². The van der Waals surface area contributed by atoms with Crippen molar-refractivity contribution in [1.82, 2.24) is 9.38 Å². The number of hydrogen-bond acceptors (Lipinski definition) is 6. The molecule has 31 heavy (non-hydrogen) atoms. The summed E-state index contributed by atoms with van der Waals surface area (Å²) in [4.78, 5) is 29.0. The van der Waals surface area contributed by atoms with Crippen LogP contribution in [0, 0.1) is 0 Å². The van der Waals surface area contributed by atoms with Crippen molar-refractivity contribution in [1.29, 1.82) is 0 Å². The van der Waals surface area contributed by atoms with Crippen molar-refractivity contribution in [2.24, 2.45) is 0 Å². The van der Waals surface area contributed by atoms with Crippen molar-refractivity contribution in [3.8, 4) is 5.75 Å². The van der Waals surface area contributed by atoms with E-state index in [1.54, 1.807) is 16.5 Å². The topological polar surface area (TPSA) is 83.7 Å². The maximum Gasteiger partial charge on any atom is 0.274 e. The van der Waals surface area contributed by atoms with E-state index < -0.39 is 5.97 Å².